The summed E-state index contributed by atoms with van der Waals surface area (Å²) in [4.78, 5) is 12.0. The number of rotatable bonds is 5. The molecule has 0 radical (unpaired) electrons. The lowest BCUT2D eigenvalue weighted by Gasteiger charge is -2.04. The number of amides is 1. The first kappa shape index (κ1) is 10.9. The highest BCUT2D eigenvalue weighted by Crippen LogP contribution is 2.21. The van der Waals surface area contributed by atoms with Crippen LogP contribution in [-0.2, 0) is 11.3 Å². The fourth-order valence-electron chi connectivity index (χ4n) is 1.07. The average molecular weight is 210 g/mol. The topological polar surface area (TPSA) is 41.1 Å². The molecule has 0 unspecified atom stereocenters. The molecule has 3 nitrogen and oxygen atoms in total. The molecule has 0 bridgehead atoms. The van der Waals surface area contributed by atoms with Crippen LogP contribution < -0.4 is 10.6 Å². The molecule has 4 heteroatoms. The number of carbonyl (C=O) groups excluding carboxylic acids is 1. The minimum atomic E-state index is -0.0339. The largest absolute Gasteiger partial charge is 0.325 e. The van der Waals surface area contributed by atoms with E-state index in [0.717, 1.165) is 23.7 Å². The molecule has 0 saturated carbocycles. The Morgan fingerprint density at radius 3 is 3.14 bits per heavy atom. The molecule has 76 valence electrons. The van der Waals surface area contributed by atoms with Gasteiger partial charge in [-0.25, -0.2) is 0 Å². The van der Waals surface area contributed by atoms with Crippen molar-refractivity contribution in [2.45, 2.75) is 13.5 Å². The molecule has 0 aliphatic rings. The molecule has 0 aromatic carbocycles. The Labute approximate surface area is 87.8 Å². The van der Waals surface area contributed by atoms with Crippen molar-refractivity contribution in [3.8, 4) is 0 Å². The van der Waals surface area contributed by atoms with E-state index >= 15 is 0 Å². The summed E-state index contributed by atoms with van der Waals surface area (Å²) in [5, 5.41) is 7.95. The van der Waals surface area contributed by atoms with E-state index in [-0.39, 0.29) is 5.91 Å². The second-order valence-electron chi connectivity index (χ2n) is 2.86. The molecule has 0 atom stereocenters. The predicted octanol–water partition coefficient (Wildman–Crippen LogP) is 1.98. The van der Waals surface area contributed by atoms with Gasteiger partial charge in [0.05, 0.1) is 5.69 Å². The molecule has 0 spiro atoms. The number of anilines is 1. The Hall–Kier alpha value is -1.13. The van der Waals surface area contributed by atoms with Crippen LogP contribution in [0.15, 0.2) is 24.1 Å². The monoisotopic (exact) mass is 210 g/mol. The molecule has 0 saturated heterocycles. The summed E-state index contributed by atoms with van der Waals surface area (Å²) in [5.41, 5.74) is 0.902. The summed E-state index contributed by atoms with van der Waals surface area (Å²) in [6.07, 6.45) is 1.81. The maximum absolute atomic E-state index is 10.9. The Morgan fingerprint density at radius 1 is 1.71 bits per heavy atom. The van der Waals surface area contributed by atoms with E-state index in [1.807, 2.05) is 17.5 Å². The maximum Gasteiger partial charge on any atom is 0.221 e. The average Bonchev–Trinajstić information content (AvgIpc) is 2.52. The Morgan fingerprint density at radius 2 is 2.50 bits per heavy atom. The van der Waals surface area contributed by atoms with Crippen molar-refractivity contribution in [2.75, 3.05) is 11.9 Å². The van der Waals surface area contributed by atoms with Gasteiger partial charge >= 0.3 is 0 Å². The Balaban J connectivity index is 2.53. The summed E-state index contributed by atoms with van der Waals surface area (Å²) in [7, 11) is 0. The number of nitrogens with one attached hydrogen (secondary N) is 2. The molecule has 0 aliphatic carbocycles. The van der Waals surface area contributed by atoms with Crippen LogP contribution in [-0.4, -0.2) is 12.5 Å². The van der Waals surface area contributed by atoms with Crippen LogP contribution in [0.4, 0.5) is 5.69 Å². The van der Waals surface area contributed by atoms with Crippen molar-refractivity contribution in [3.63, 3.8) is 0 Å². The number of carbonyl (C=O) groups is 1. The van der Waals surface area contributed by atoms with Crippen LogP contribution in [0.25, 0.3) is 0 Å². The highest BCUT2D eigenvalue weighted by molar-refractivity contribution is 7.10. The van der Waals surface area contributed by atoms with E-state index in [2.05, 4.69) is 17.2 Å². The van der Waals surface area contributed by atoms with Crippen LogP contribution in [0, 0.1) is 0 Å². The first-order valence-corrected chi connectivity index (χ1v) is 5.27. The number of thiophene rings is 1. The third-order valence-electron chi connectivity index (χ3n) is 1.63. The minimum absolute atomic E-state index is 0.0339. The smallest absolute Gasteiger partial charge is 0.221 e. The zero-order valence-corrected chi connectivity index (χ0v) is 8.99. The van der Waals surface area contributed by atoms with Crippen LogP contribution in [0.1, 0.15) is 11.8 Å². The fraction of sp³-hybridized carbons (Fsp3) is 0.300. The summed E-state index contributed by atoms with van der Waals surface area (Å²) < 4.78 is 0. The molecule has 14 heavy (non-hydrogen) atoms. The molecular weight excluding hydrogens is 196 g/mol. The van der Waals surface area contributed by atoms with Gasteiger partial charge in [-0.3, -0.25) is 4.79 Å². The second kappa shape index (κ2) is 5.57. The zero-order valence-electron chi connectivity index (χ0n) is 8.17. The van der Waals surface area contributed by atoms with Crippen molar-refractivity contribution in [1.29, 1.82) is 0 Å². The summed E-state index contributed by atoms with van der Waals surface area (Å²) >= 11 is 1.63. The van der Waals surface area contributed by atoms with Crippen molar-refractivity contribution in [2.24, 2.45) is 0 Å². The van der Waals surface area contributed by atoms with Crippen molar-refractivity contribution in [1.82, 2.24) is 5.32 Å². The van der Waals surface area contributed by atoms with Gasteiger partial charge in [0.15, 0.2) is 0 Å². The van der Waals surface area contributed by atoms with Crippen LogP contribution in [0.3, 0.4) is 0 Å². The number of hydrogen-bond acceptors (Lipinski definition) is 3. The summed E-state index contributed by atoms with van der Waals surface area (Å²) in [6.45, 7) is 6.67. The van der Waals surface area contributed by atoms with Gasteiger partial charge in [0, 0.05) is 24.9 Å². The quantitative estimate of drug-likeness (QED) is 0.576. The maximum atomic E-state index is 10.9. The molecule has 1 heterocycles. The normalized spacial score (nSPS) is 9.79. The standard InChI is InChI=1S/C10H14N2OS/c1-3-5-11-7-10-9(4-6-14-10)12-8(2)13/h3-4,6,11H,1,5,7H2,2H3,(H,12,13). The van der Waals surface area contributed by atoms with Crippen LogP contribution in [0.5, 0.6) is 0 Å². The van der Waals surface area contributed by atoms with Gasteiger partial charge in [-0.2, -0.15) is 0 Å². The summed E-state index contributed by atoms with van der Waals surface area (Å²) in [5.74, 6) is -0.0339. The third-order valence-corrected chi connectivity index (χ3v) is 2.55. The SMILES string of the molecule is C=CCNCc1sccc1NC(C)=O. The summed E-state index contributed by atoms with van der Waals surface area (Å²) in [6, 6.07) is 1.91. The van der Waals surface area contributed by atoms with Crippen molar-refractivity contribution in [3.05, 3.63) is 29.0 Å². The van der Waals surface area contributed by atoms with Crippen LogP contribution in [0.2, 0.25) is 0 Å². The Bertz CT molecular complexity index is 320. The van der Waals surface area contributed by atoms with E-state index in [1.54, 1.807) is 11.3 Å². The van der Waals surface area contributed by atoms with Gasteiger partial charge in [0.2, 0.25) is 5.91 Å². The molecular formula is C10H14N2OS. The van der Waals surface area contributed by atoms with Crippen LogP contribution >= 0.6 is 11.3 Å². The molecule has 2 N–H and O–H groups in total. The first-order chi connectivity index (χ1) is 6.74. The first-order valence-electron chi connectivity index (χ1n) is 4.39. The second-order valence-corrected chi connectivity index (χ2v) is 3.86. The van der Waals surface area contributed by atoms with Crippen molar-refractivity contribution < 1.29 is 4.79 Å². The van der Waals surface area contributed by atoms with Gasteiger partial charge in [-0.1, -0.05) is 6.08 Å². The highest BCUT2D eigenvalue weighted by atomic mass is 32.1. The lowest BCUT2D eigenvalue weighted by atomic mass is 10.3. The third kappa shape index (κ3) is 3.32. The van der Waals surface area contributed by atoms with Gasteiger partial charge in [0.25, 0.3) is 0 Å². The molecule has 0 aliphatic heterocycles. The number of hydrogen-bond donors (Lipinski definition) is 2. The van der Waals surface area contributed by atoms with Gasteiger partial charge < -0.3 is 10.6 Å². The van der Waals surface area contributed by atoms with E-state index in [1.165, 1.54) is 6.92 Å². The van der Waals surface area contributed by atoms with Gasteiger partial charge in [0.1, 0.15) is 0 Å². The molecule has 1 aromatic heterocycles. The van der Waals surface area contributed by atoms with E-state index < -0.39 is 0 Å². The molecule has 1 amide bonds. The van der Waals surface area contributed by atoms with Crippen molar-refractivity contribution >= 4 is 22.9 Å². The van der Waals surface area contributed by atoms with E-state index in [0.29, 0.717) is 0 Å². The molecule has 1 rings (SSSR count). The predicted molar refractivity (Wildman–Crippen MR) is 60.5 cm³/mol. The highest BCUT2D eigenvalue weighted by Gasteiger charge is 2.04. The lowest BCUT2D eigenvalue weighted by Crippen LogP contribution is -2.14. The van der Waals surface area contributed by atoms with E-state index in [9.17, 15) is 4.79 Å². The minimum Gasteiger partial charge on any atom is -0.325 e. The van der Waals surface area contributed by atoms with Gasteiger partial charge in [-0.15, -0.1) is 17.9 Å². The molecule has 1 aromatic rings. The zero-order chi connectivity index (χ0) is 10.4. The van der Waals surface area contributed by atoms with E-state index in [4.69, 9.17) is 0 Å². The fourth-order valence-corrected chi connectivity index (χ4v) is 1.87. The Kier molecular flexibility index (Phi) is 4.35. The van der Waals surface area contributed by atoms with Gasteiger partial charge in [-0.05, 0) is 11.4 Å². The lowest BCUT2D eigenvalue weighted by molar-refractivity contribution is -0.114. The molecule has 0 fully saturated rings.